The Kier molecular flexibility index (Phi) is 6.65. The van der Waals surface area contributed by atoms with E-state index in [-0.39, 0.29) is 22.3 Å². The lowest BCUT2D eigenvalue weighted by atomic mass is 9.86. The highest BCUT2D eigenvalue weighted by atomic mass is 32.2. The van der Waals surface area contributed by atoms with Gasteiger partial charge in [-0.15, -0.1) is 0 Å². The van der Waals surface area contributed by atoms with Crippen molar-refractivity contribution in [3.8, 4) is 0 Å². The first-order valence-electron chi connectivity index (χ1n) is 10.2. The maximum atomic E-state index is 12.9. The molecule has 0 aliphatic carbocycles. The van der Waals surface area contributed by atoms with Gasteiger partial charge >= 0.3 is 0 Å². The average molecular weight is 431 g/mol. The molecule has 2 aromatic carbocycles. The number of hydrogen-bond donors (Lipinski definition) is 1. The Bertz CT molecular complexity index is 989. The smallest absolute Gasteiger partial charge is 0.251 e. The first kappa shape index (κ1) is 22.5. The first-order valence-corrected chi connectivity index (χ1v) is 11.6. The van der Waals surface area contributed by atoms with Gasteiger partial charge in [0.15, 0.2) is 0 Å². The van der Waals surface area contributed by atoms with Crippen molar-refractivity contribution in [3.63, 3.8) is 0 Å². The van der Waals surface area contributed by atoms with Crippen molar-refractivity contribution in [2.24, 2.45) is 0 Å². The van der Waals surface area contributed by atoms with Crippen LogP contribution in [-0.4, -0.2) is 44.9 Å². The van der Waals surface area contributed by atoms with E-state index < -0.39 is 10.0 Å². The second kappa shape index (κ2) is 8.88. The van der Waals surface area contributed by atoms with E-state index in [0.717, 1.165) is 5.56 Å². The third-order valence-electron chi connectivity index (χ3n) is 5.33. The van der Waals surface area contributed by atoms with Gasteiger partial charge in [-0.2, -0.15) is 4.31 Å². The van der Waals surface area contributed by atoms with Crippen molar-refractivity contribution in [1.29, 1.82) is 0 Å². The summed E-state index contributed by atoms with van der Waals surface area (Å²) in [5, 5.41) is 2.96. The molecule has 1 atom stereocenters. The fourth-order valence-electron chi connectivity index (χ4n) is 3.37. The summed E-state index contributed by atoms with van der Waals surface area (Å²) in [6, 6.07) is 14.2. The minimum absolute atomic E-state index is 0.0669. The van der Waals surface area contributed by atoms with E-state index in [2.05, 4.69) is 38.2 Å². The number of sulfonamides is 1. The summed E-state index contributed by atoms with van der Waals surface area (Å²) in [5.41, 5.74) is 2.61. The van der Waals surface area contributed by atoms with Gasteiger partial charge in [-0.1, -0.05) is 51.1 Å². The zero-order valence-electron chi connectivity index (χ0n) is 18.0. The molecule has 1 saturated heterocycles. The van der Waals surface area contributed by atoms with Crippen LogP contribution >= 0.6 is 0 Å². The second-order valence-corrected chi connectivity index (χ2v) is 10.5. The van der Waals surface area contributed by atoms with Crippen LogP contribution in [0, 0.1) is 0 Å². The number of nitrogens with zero attached hydrogens (tertiary/aromatic N) is 1. The normalized spacial score (nSPS) is 16.8. The summed E-state index contributed by atoms with van der Waals surface area (Å²) in [4.78, 5) is 12.9. The predicted molar refractivity (Wildman–Crippen MR) is 117 cm³/mol. The highest BCUT2D eigenvalue weighted by Crippen LogP contribution is 2.24. The van der Waals surface area contributed by atoms with Gasteiger partial charge in [-0.3, -0.25) is 4.79 Å². The number of rotatable bonds is 5. The Balaban J connectivity index is 1.73. The summed E-state index contributed by atoms with van der Waals surface area (Å²) in [5.74, 6) is -0.304. The van der Waals surface area contributed by atoms with E-state index in [1.54, 1.807) is 12.1 Å². The fourth-order valence-corrected chi connectivity index (χ4v) is 4.82. The lowest BCUT2D eigenvalue weighted by molar-refractivity contribution is 0.0730. The molecule has 0 unspecified atom stereocenters. The van der Waals surface area contributed by atoms with Crippen molar-refractivity contribution in [1.82, 2.24) is 9.62 Å². The van der Waals surface area contributed by atoms with E-state index in [1.807, 2.05) is 19.1 Å². The van der Waals surface area contributed by atoms with Gasteiger partial charge in [0.2, 0.25) is 10.0 Å². The topological polar surface area (TPSA) is 75.7 Å². The lowest BCUT2D eigenvalue weighted by Crippen LogP contribution is -2.40. The molecule has 0 aromatic heterocycles. The largest absolute Gasteiger partial charge is 0.379 e. The fraction of sp³-hybridized carbons (Fsp3) is 0.435. The van der Waals surface area contributed by atoms with Gasteiger partial charge in [-0.05, 0) is 41.7 Å². The Morgan fingerprint density at radius 2 is 1.70 bits per heavy atom. The highest BCUT2D eigenvalue weighted by Gasteiger charge is 2.27. The van der Waals surface area contributed by atoms with Gasteiger partial charge in [0.05, 0.1) is 24.2 Å². The minimum atomic E-state index is -3.64. The van der Waals surface area contributed by atoms with E-state index in [9.17, 15) is 13.2 Å². The number of carbonyl (C=O) groups excluding carboxylic acids is 1. The molecule has 1 heterocycles. The van der Waals surface area contributed by atoms with E-state index in [0.29, 0.717) is 31.9 Å². The van der Waals surface area contributed by atoms with Crippen LogP contribution in [0.25, 0.3) is 0 Å². The summed E-state index contributed by atoms with van der Waals surface area (Å²) in [7, 11) is -3.64. The molecule has 1 aliphatic rings. The zero-order chi connectivity index (χ0) is 21.9. The van der Waals surface area contributed by atoms with Gasteiger partial charge in [-0.25, -0.2) is 8.42 Å². The third kappa shape index (κ3) is 5.09. The molecule has 1 amide bonds. The molecular formula is C23H30N2O4S. The van der Waals surface area contributed by atoms with Crippen molar-refractivity contribution in [2.75, 3.05) is 26.3 Å². The Morgan fingerprint density at radius 1 is 1.07 bits per heavy atom. The van der Waals surface area contributed by atoms with Crippen LogP contribution in [0.3, 0.4) is 0 Å². The molecule has 7 heteroatoms. The Morgan fingerprint density at radius 3 is 2.30 bits per heavy atom. The Hall–Kier alpha value is -2.22. The molecule has 1 N–H and O–H groups in total. The van der Waals surface area contributed by atoms with E-state index in [4.69, 9.17) is 4.74 Å². The van der Waals surface area contributed by atoms with Crippen LogP contribution in [0.5, 0.6) is 0 Å². The Labute approximate surface area is 179 Å². The monoisotopic (exact) mass is 430 g/mol. The van der Waals surface area contributed by atoms with Crippen molar-refractivity contribution >= 4 is 15.9 Å². The predicted octanol–water partition coefficient (Wildman–Crippen LogP) is 3.50. The van der Waals surface area contributed by atoms with Crippen LogP contribution in [0.4, 0.5) is 0 Å². The van der Waals surface area contributed by atoms with Gasteiger partial charge in [0.25, 0.3) is 5.91 Å². The van der Waals surface area contributed by atoms with Crippen LogP contribution in [0.1, 0.15) is 55.2 Å². The number of ether oxygens (including phenoxy) is 1. The van der Waals surface area contributed by atoms with Crippen molar-refractivity contribution in [3.05, 3.63) is 65.2 Å². The highest BCUT2D eigenvalue weighted by molar-refractivity contribution is 7.89. The first-order chi connectivity index (χ1) is 14.1. The molecule has 6 nitrogen and oxygen atoms in total. The van der Waals surface area contributed by atoms with Crippen molar-refractivity contribution < 1.29 is 17.9 Å². The maximum Gasteiger partial charge on any atom is 0.251 e. The van der Waals surface area contributed by atoms with E-state index in [1.165, 1.54) is 22.0 Å². The zero-order valence-corrected chi connectivity index (χ0v) is 18.8. The van der Waals surface area contributed by atoms with Gasteiger partial charge < -0.3 is 10.1 Å². The molecule has 0 saturated carbocycles. The van der Waals surface area contributed by atoms with Crippen molar-refractivity contribution in [2.45, 2.75) is 44.0 Å². The summed E-state index contributed by atoms with van der Waals surface area (Å²) in [6.07, 6.45) is 0. The molecular weight excluding hydrogens is 400 g/mol. The second-order valence-electron chi connectivity index (χ2n) is 8.61. The number of carbonyl (C=O) groups is 1. The standard InChI is InChI=1S/C23H30N2O4S/c1-17(18-8-10-20(11-9-18)23(2,3)4)24-22(26)19-6-5-7-21(16-19)30(27,28)25-12-14-29-15-13-25/h5-11,16-17H,12-15H2,1-4H3,(H,24,26)/t17-/m1/s1. The quantitative estimate of drug-likeness (QED) is 0.788. The molecule has 3 rings (SSSR count). The lowest BCUT2D eigenvalue weighted by Gasteiger charge is -2.26. The molecule has 0 radical (unpaired) electrons. The number of nitrogens with one attached hydrogen (secondary N) is 1. The van der Waals surface area contributed by atoms with Gasteiger partial charge in [0, 0.05) is 18.7 Å². The summed E-state index contributed by atoms with van der Waals surface area (Å²) < 4.78 is 32.3. The van der Waals surface area contributed by atoms with Crippen LogP contribution in [0.2, 0.25) is 0 Å². The van der Waals surface area contributed by atoms with Crippen LogP contribution in [-0.2, 0) is 20.2 Å². The number of amides is 1. The average Bonchev–Trinajstić information content (AvgIpc) is 2.74. The maximum absolute atomic E-state index is 12.9. The SMILES string of the molecule is C[C@@H](NC(=O)c1cccc(S(=O)(=O)N2CCOCC2)c1)c1ccc(C(C)(C)C)cc1. The number of benzene rings is 2. The van der Waals surface area contributed by atoms with E-state index >= 15 is 0 Å². The molecule has 1 fully saturated rings. The molecule has 0 bridgehead atoms. The molecule has 30 heavy (non-hydrogen) atoms. The number of hydrogen-bond acceptors (Lipinski definition) is 4. The summed E-state index contributed by atoms with van der Waals surface area (Å²) >= 11 is 0. The third-order valence-corrected chi connectivity index (χ3v) is 7.22. The molecule has 162 valence electrons. The molecule has 1 aliphatic heterocycles. The molecule has 0 spiro atoms. The number of morpholine rings is 1. The van der Waals surface area contributed by atoms with Crippen LogP contribution < -0.4 is 5.32 Å². The minimum Gasteiger partial charge on any atom is -0.379 e. The summed E-state index contributed by atoms with van der Waals surface area (Å²) in [6.45, 7) is 9.79. The van der Waals surface area contributed by atoms with Crippen LogP contribution in [0.15, 0.2) is 53.4 Å². The molecule has 2 aromatic rings. The van der Waals surface area contributed by atoms with Gasteiger partial charge in [0.1, 0.15) is 0 Å².